The van der Waals surface area contributed by atoms with E-state index in [0.29, 0.717) is 18.5 Å². The number of nitrogens with one attached hydrogen (secondary N) is 2. The number of hydrogen-bond donors (Lipinski definition) is 2. The van der Waals surface area contributed by atoms with Crippen LogP contribution < -0.4 is 10.6 Å². The molecular weight excluding hydrogens is 398 g/mol. The number of aryl methyl sites for hydroxylation is 1. The van der Waals surface area contributed by atoms with Crippen molar-refractivity contribution < 1.29 is 4.74 Å². The lowest BCUT2D eigenvalue weighted by molar-refractivity contribution is 0.0132. The molecule has 1 saturated heterocycles. The van der Waals surface area contributed by atoms with Crippen molar-refractivity contribution in [2.24, 2.45) is 18.0 Å². The van der Waals surface area contributed by atoms with E-state index in [9.17, 15) is 0 Å². The first-order chi connectivity index (χ1) is 14.5. The van der Waals surface area contributed by atoms with E-state index in [1.165, 1.54) is 4.88 Å². The maximum Gasteiger partial charge on any atom is 0.192 e. The number of aliphatic imine (C=N–C) groups is 1. The van der Waals surface area contributed by atoms with Crippen molar-refractivity contribution in [2.75, 3.05) is 32.8 Å². The van der Waals surface area contributed by atoms with Crippen molar-refractivity contribution in [3.8, 4) is 0 Å². The quantitative estimate of drug-likeness (QED) is 0.466. The molecule has 1 aliphatic rings. The van der Waals surface area contributed by atoms with Gasteiger partial charge in [-0.25, -0.2) is 4.99 Å². The molecule has 3 heterocycles. The minimum Gasteiger partial charge on any atom is -0.379 e. The predicted molar refractivity (Wildman–Crippen MR) is 122 cm³/mol. The standard InChI is InChI=1S/C21H35N7OS/c1-16(2)12-18(28-7-9-29-10-8-28)13-22-21(23-14-19-6-5-11-30-19)24-15-20-26-25-17(3)27(20)4/h5-6,11,16,18H,7-10,12-15H2,1-4H3,(H2,22,23,24). The van der Waals surface area contributed by atoms with E-state index in [1.54, 1.807) is 11.3 Å². The highest BCUT2D eigenvalue weighted by molar-refractivity contribution is 7.09. The summed E-state index contributed by atoms with van der Waals surface area (Å²) in [5.74, 6) is 3.20. The zero-order valence-corrected chi connectivity index (χ0v) is 19.4. The summed E-state index contributed by atoms with van der Waals surface area (Å²) in [5.41, 5.74) is 0. The summed E-state index contributed by atoms with van der Waals surface area (Å²) in [7, 11) is 1.98. The van der Waals surface area contributed by atoms with Crippen molar-refractivity contribution in [3.63, 3.8) is 0 Å². The van der Waals surface area contributed by atoms with Crippen molar-refractivity contribution >= 4 is 17.3 Å². The Bertz CT molecular complexity index is 781. The van der Waals surface area contributed by atoms with Gasteiger partial charge in [-0.2, -0.15) is 0 Å². The Labute approximate surface area is 183 Å². The molecule has 1 fully saturated rings. The van der Waals surface area contributed by atoms with Gasteiger partial charge in [0.15, 0.2) is 11.8 Å². The number of guanidine groups is 1. The maximum absolute atomic E-state index is 5.55. The SMILES string of the molecule is Cc1nnc(CN=C(NCc2cccs2)NCC(CC(C)C)N2CCOCC2)n1C. The fourth-order valence-corrected chi connectivity index (χ4v) is 4.20. The van der Waals surface area contributed by atoms with E-state index in [-0.39, 0.29) is 0 Å². The minimum atomic E-state index is 0.458. The number of nitrogens with zero attached hydrogens (tertiary/aromatic N) is 5. The van der Waals surface area contributed by atoms with Gasteiger partial charge in [0.05, 0.1) is 19.8 Å². The van der Waals surface area contributed by atoms with Crippen LogP contribution in [0.5, 0.6) is 0 Å². The molecule has 8 nitrogen and oxygen atoms in total. The van der Waals surface area contributed by atoms with E-state index >= 15 is 0 Å². The Morgan fingerprint density at radius 1 is 1.27 bits per heavy atom. The van der Waals surface area contributed by atoms with Crippen LogP contribution in [0.25, 0.3) is 0 Å². The zero-order chi connectivity index (χ0) is 21.3. The first kappa shape index (κ1) is 22.7. The lowest BCUT2D eigenvalue weighted by atomic mass is 10.0. The Morgan fingerprint density at radius 3 is 2.70 bits per heavy atom. The van der Waals surface area contributed by atoms with Gasteiger partial charge in [-0.1, -0.05) is 19.9 Å². The third-order valence-corrected chi connectivity index (χ3v) is 6.26. The molecule has 0 aromatic carbocycles. The number of ether oxygens (including phenoxy) is 1. The zero-order valence-electron chi connectivity index (χ0n) is 18.6. The molecule has 3 rings (SSSR count). The van der Waals surface area contributed by atoms with Gasteiger partial charge >= 0.3 is 0 Å². The fourth-order valence-electron chi connectivity index (χ4n) is 3.56. The van der Waals surface area contributed by atoms with Crippen LogP contribution in [-0.2, 0) is 24.9 Å². The molecule has 0 amide bonds. The van der Waals surface area contributed by atoms with Crippen LogP contribution in [0.3, 0.4) is 0 Å². The summed E-state index contributed by atoms with van der Waals surface area (Å²) in [4.78, 5) is 8.62. The Hall–Kier alpha value is -1.97. The number of rotatable bonds is 9. The van der Waals surface area contributed by atoms with E-state index in [1.807, 2.05) is 18.5 Å². The van der Waals surface area contributed by atoms with E-state index in [2.05, 4.69) is 57.1 Å². The molecule has 1 atom stereocenters. The van der Waals surface area contributed by atoms with Crippen molar-refractivity contribution in [2.45, 2.75) is 46.3 Å². The number of aromatic nitrogens is 3. The molecule has 9 heteroatoms. The Kier molecular flexibility index (Phi) is 8.65. The third kappa shape index (κ3) is 6.78. The van der Waals surface area contributed by atoms with Crippen molar-refractivity contribution in [1.82, 2.24) is 30.3 Å². The summed E-state index contributed by atoms with van der Waals surface area (Å²) in [6.45, 7) is 12.2. The highest BCUT2D eigenvalue weighted by Gasteiger charge is 2.22. The van der Waals surface area contributed by atoms with Gasteiger partial charge in [-0.05, 0) is 30.7 Å². The van der Waals surface area contributed by atoms with Crippen LogP contribution in [0.2, 0.25) is 0 Å². The molecule has 0 spiro atoms. The second kappa shape index (κ2) is 11.4. The second-order valence-electron chi connectivity index (χ2n) is 8.13. The topological polar surface area (TPSA) is 79.6 Å². The van der Waals surface area contributed by atoms with E-state index in [4.69, 9.17) is 9.73 Å². The Balaban J connectivity index is 1.65. The summed E-state index contributed by atoms with van der Waals surface area (Å²) >= 11 is 1.75. The van der Waals surface area contributed by atoms with Gasteiger partial charge in [0, 0.05) is 37.6 Å². The number of thiophene rings is 1. The Morgan fingerprint density at radius 2 is 2.07 bits per heavy atom. The lowest BCUT2D eigenvalue weighted by Gasteiger charge is -2.35. The summed E-state index contributed by atoms with van der Waals surface area (Å²) < 4.78 is 7.53. The highest BCUT2D eigenvalue weighted by atomic mass is 32.1. The molecule has 1 unspecified atom stereocenters. The average Bonchev–Trinajstić information content (AvgIpc) is 3.37. The smallest absolute Gasteiger partial charge is 0.192 e. The van der Waals surface area contributed by atoms with Crippen LogP contribution in [0.4, 0.5) is 0 Å². The molecule has 1 aliphatic heterocycles. The van der Waals surface area contributed by atoms with Gasteiger partial charge in [0.1, 0.15) is 12.4 Å². The molecule has 2 aromatic rings. The third-order valence-electron chi connectivity index (χ3n) is 5.38. The lowest BCUT2D eigenvalue weighted by Crippen LogP contribution is -2.51. The maximum atomic E-state index is 5.55. The fraction of sp³-hybridized carbons (Fsp3) is 0.667. The van der Waals surface area contributed by atoms with Crippen LogP contribution in [0, 0.1) is 12.8 Å². The summed E-state index contributed by atoms with van der Waals surface area (Å²) in [6, 6.07) is 4.67. The monoisotopic (exact) mass is 433 g/mol. The first-order valence-corrected chi connectivity index (χ1v) is 11.6. The van der Waals surface area contributed by atoms with Gasteiger partial charge in [-0.3, -0.25) is 4.90 Å². The van der Waals surface area contributed by atoms with Crippen LogP contribution >= 0.6 is 11.3 Å². The van der Waals surface area contributed by atoms with Gasteiger partial charge in [0.2, 0.25) is 0 Å². The molecule has 0 radical (unpaired) electrons. The van der Waals surface area contributed by atoms with Gasteiger partial charge in [0.25, 0.3) is 0 Å². The van der Waals surface area contributed by atoms with Crippen molar-refractivity contribution in [1.29, 1.82) is 0 Å². The highest BCUT2D eigenvalue weighted by Crippen LogP contribution is 2.13. The van der Waals surface area contributed by atoms with Crippen molar-refractivity contribution in [3.05, 3.63) is 34.0 Å². The minimum absolute atomic E-state index is 0.458. The number of morpholine rings is 1. The van der Waals surface area contributed by atoms with Crippen LogP contribution in [-0.4, -0.2) is 64.5 Å². The first-order valence-electron chi connectivity index (χ1n) is 10.7. The molecule has 166 valence electrons. The molecule has 2 aromatic heterocycles. The largest absolute Gasteiger partial charge is 0.379 e. The average molecular weight is 434 g/mol. The van der Waals surface area contributed by atoms with Gasteiger partial charge < -0.3 is 19.9 Å². The molecular formula is C21H35N7OS. The summed E-state index contributed by atoms with van der Waals surface area (Å²) in [5, 5.41) is 17.5. The number of hydrogen-bond acceptors (Lipinski definition) is 6. The molecule has 30 heavy (non-hydrogen) atoms. The molecule has 0 saturated carbocycles. The van der Waals surface area contributed by atoms with E-state index in [0.717, 1.165) is 63.4 Å². The van der Waals surface area contributed by atoms with Crippen LogP contribution in [0.1, 0.15) is 36.8 Å². The second-order valence-corrected chi connectivity index (χ2v) is 9.17. The molecule has 2 N–H and O–H groups in total. The van der Waals surface area contributed by atoms with Gasteiger partial charge in [-0.15, -0.1) is 21.5 Å². The van der Waals surface area contributed by atoms with E-state index < -0.39 is 0 Å². The predicted octanol–water partition coefficient (Wildman–Crippen LogP) is 2.17. The van der Waals surface area contributed by atoms with Crippen LogP contribution in [0.15, 0.2) is 22.5 Å². The molecule has 0 aliphatic carbocycles. The molecule has 0 bridgehead atoms. The normalized spacial score (nSPS) is 16.8. The summed E-state index contributed by atoms with van der Waals surface area (Å²) in [6.07, 6.45) is 1.15.